The first kappa shape index (κ1) is 22.3. The van der Waals surface area contributed by atoms with Gasteiger partial charge in [-0.2, -0.15) is 0 Å². The minimum Gasteiger partial charge on any atom is -0.372 e. The molecule has 3 rings (SSSR count). The van der Waals surface area contributed by atoms with Crippen molar-refractivity contribution >= 4 is 34.0 Å². The van der Waals surface area contributed by atoms with Gasteiger partial charge in [0, 0.05) is 48.7 Å². The maximum atomic E-state index is 12.9. The van der Waals surface area contributed by atoms with Crippen LogP contribution < -0.4 is 10.2 Å². The van der Waals surface area contributed by atoms with E-state index in [1.54, 1.807) is 0 Å². The summed E-state index contributed by atoms with van der Waals surface area (Å²) in [6, 6.07) is 7.94. The number of carbonyl (C=O) groups is 2. The molecule has 0 unspecified atom stereocenters. The van der Waals surface area contributed by atoms with Crippen molar-refractivity contribution in [3.63, 3.8) is 0 Å². The number of unbranched alkanes of at least 4 members (excludes halogenated alkanes) is 1. The molecule has 1 aromatic carbocycles. The predicted octanol–water partition coefficient (Wildman–Crippen LogP) is 4.57. The number of nitrogens with one attached hydrogen (secondary N) is 1. The predicted molar refractivity (Wildman–Crippen MR) is 123 cm³/mol. The second kappa shape index (κ2) is 10.6. The van der Waals surface area contributed by atoms with Crippen LogP contribution in [0.2, 0.25) is 0 Å². The lowest BCUT2D eigenvalue weighted by Gasteiger charge is -2.31. The van der Waals surface area contributed by atoms with E-state index in [9.17, 15) is 9.59 Å². The van der Waals surface area contributed by atoms with E-state index in [0.717, 1.165) is 24.5 Å². The van der Waals surface area contributed by atoms with E-state index in [0.29, 0.717) is 36.6 Å². The molecule has 1 saturated heterocycles. The first-order valence-corrected chi connectivity index (χ1v) is 11.8. The Kier molecular flexibility index (Phi) is 7.85. The molecule has 0 atom stereocenters. The van der Waals surface area contributed by atoms with Gasteiger partial charge in [0.15, 0.2) is 5.13 Å². The Morgan fingerprint density at radius 1 is 1.20 bits per heavy atom. The third-order valence-corrected chi connectivity index (χ3v) is 6.52. The number of aryl methyl sites for hydroxylation is 1. The number of hydrogen-bond acceptors (Lipinski definition) is 5. The van der Waals surface area contributed by atoms with Crippen LogP contribution in [-0.2, 0) is 4.79 Å². The molecule has 0 radical (unpaired) electrons. The van der Waals surface area contributed by atoms with Crippen molar-refractivity contribution in [2.75, 3.05) is 36.4 Å². The van der Waals surface area contributed by atoms with Gasteiger partial charge in [-0.1, -0.05) is 13.3 Å². The number of benzene rings is 1. The van der Waals surface area contributed by atoms with Crippen LogP contribution >= 0.6 is 11.3 Å². The fourth-order valence-electron chi connectivity index (χ4n) is 3.78. The molecule has 0 bridgehead atoms. The number of nitrogens with zero attached hydrogens (tertiary/aromatic N) is 3. The summed E-state index contributed by atoms with van der Waals surface area (Å²) in [5, 5.41) is 5.48. The summed E-state index contributed by atoms with van der Waals surface area (Å²) in [6.45, 7) is 9.47. The third kappa shape index (κ3) is 5.59. The molecule has 2 heterocycles. The van der Waals surface area contributed by atoms with Gasteiger partial charge < -0.3 is 15.1 Å². The molecule has 7 heteroatoms. The van der Waals surface area contributed by atoms with E-state index in [-0.39, 0.29) is 17.7 Å². The summed E-state index contributed by atoms with van der Waals surface area (Å²) >= 11 is 1.44. The second-order valence-corrected chi connectivity index (χ2v) is 8.69. The molecular formula is C23H32N4O2S. The van der Waals surface area contributed by atoms with Crippen molar-refractivity contribution in [3.05, 3.63) is 40.9 Å². The van der Waals surface area contributed by atoms with Crippen LogP contribution in [0.5, 0.6) is 0 Å². The molecule has 1 N–H and O–H groups in total. The Hall–Kier alpha value is -2.41. The fraction of sp³-hybridized carbons (Fsp3) is 0.522. The zero-order valence-electron chi connectivity index (χ0n) is 18.2. The normalized spacial score (nSPS) is 14.6. The summed E-state index contributed by atoms with van der Waals surface area (Å²) < 4.78 is 0. The average molecular weight is 429 g/mol. The van der Waals surface area contributed by atoms with Gasteiger partial charge in [0.1, 0.15) is 0 Å². The number of aromatic nitrogens is 1. The quantitative estimate of drug-likeness (QED) is 0.669. The van der Waals surface area contributed by atoms with Crippen molar-refractivity contribution in [3.8, 4) is 0 Å². The molecule has 1 aliphatic heterocycles. The number of thiazole rings is 1. The summed E-state index contributed by atoms with van der Waals surface area (Å²) in [7, 11) is 0. The highest BCUT2D eigenvalue weighted by atomic mass is 32.1. The van der Waals surface area contributed by atoms with E-state index >= 15 is 0 Å². The number of rotatable bonds is 8. The number of amides is 2. The van der Waals surface area contributed by atoms with Crippen molar-refractivity contribution in [2.45, 2.75) is 46.5 Å². The van der Waals surface area contributed by atoms with Crippen LogP contribution in [-0.4, -0.2) is 47.9 Å². The SMILES string of the molecule is CCCCN(CC)c1ccc(C(=O)N2CCC(C(=O)Nc3nc(C)cs3)CC2)cc1. The zero-order valence-corrected chi connectivity index (χ0v) is 19.0. The molecular weight excluding hydrogens is 396 g/mol. The number of hydrogen-bond donors (Lipinski definition) is 1. The molecule has 2 amide bonds. The van der Waals surface area contributed by atoms with Gasteiger partial charge in [0.25, 0.3) is 5.91 Å². The zero-order chi connectivity index (χ0) is 21.5. The first-order valence-electron chi connectivity index (χ1n) is 10.9. The Labute approximate surface area is 183 Å². The maximum absolute atomic E-state index is 12.9. The Morgan fingerprint density at radius 2 is 1.90 bits per heavy atom. The number of carbonyl (C=O) groups excluding carboxylic acids is 2. The summed E-state index contributed by atoms with van der Waals surface area (Å²) in [6.07, 6.45) is 3.70. The molecule has 0 aliphatic carbocycles. The van der Waals surface area contributed by atoms with Gasteiger partial charge >= 0.3 is 0 Å². The van der Waals surface area contributed by atoms with Crippen molar-refractivity contribution in [1.29, 1.82) is 0 Å². The monoisotopic (exact) mass is 428 g/mol. The minimum absolute atomic E-state index is 0.00698. The summed E-state index contributed by atoms with van der Waals surface area (Å²) in [4.78, 5) is 33.9. The second-order valence-electron chi connectivity index (χ2n) is 7.83. The van der Waals surface area contributed by atoms with E-state index in [1.807, 2.05) is 41.5 Å². The van der Waals surface area contributed by atoms with Gasteiger partial charge in [-0.25, -0.2) is 4.98 Å². The standard InChI is InChI=1S/C23H32N4O2S/c1-4-6-13-26(5-2)20-9-7-19(8-10-20)22(29)27-14-11-18(12-15-27)21(28)25-23-24-17(3)16-30-23/h7-10,16,18H,4-6,11-15H2,1-3H3,(H,24,25,28). The highest BCUT2D eigenvalue weighted by Gasteiger charge is 2.28. The first-order chi connectivity index (χ1) is 14.5. The maximum Gasteiger partial charge on any atom is 0.253 e. The molecule has 6 nitrogen and oxygen atoms in total. The molecule has 1 fully saturated rings. The van der Waals surface area contributed by atoms with Gasteiger partial charge in [-0.15, -0.1) is 11.3 Å². The van der Waals surface area contributed by atoms with Crippen molar-refractivity contribution < 1.29 is 9.59 Å². The molecule has 0 saturated carbocycles. The third-order valence-electron chi connectivity index (χ3n) is 5.64. The van der Waals surface area contributed by atoms with Crippen LogP contribution in [0.25, 0.3) is 0 Å². The fourth-order valence-corrected chi connectivity index (χ4v) is 4.47. The molecule has 2 aromatic rings. The van der Waals surface area contributed by atoms with Gasteiger partial charge in [-0.3, -0.25) is 9.59 Å². The summed E-state index contributed by atoms with van der Waals surface area (Å²) in [5.74, 6) is -0.0163. The Bertz CT molecular complexity index is 841. The number of anilines is 2. The topological polar surface area (TPSA) is 65.5 Å². The molecule has 1 aliphatic rings. The molecule has 30 heavy (non-hydrogen) atoms. The Morgan fingerprint density at radius 3 is 2.47 bits per heavy atom. The molecule has 0 spiro atoms. The van der Waals surface area contributed by atoms with E-state index in [2.05, 4.69) is 29.0 Å². The van der Waals surface area contributed by atoms with Crippen LogP contribution in [0.1, 0.15) is 55.6 Å². The van der Waals surface area contributed by atoms with Crippen LogP contribution in [0.4, 0.5) is 10.8 Å². The largest absolute Gasteiger partial charge is 0.372 e. The lowest BCUT2D eigenvalue weighted by Crippen LogP contribution is -2.41. The van der Waals surface area contributed by atoms with Gasteiger partial charge in [0.05, 0.1) is 5.69 Å². The average Bonchev–Trinajstić information content (AvgIpc) is 3.18. The van der Waals surface area contributed by atoms with E-state index < -0.39 is 0 Å². The highest BCUT2D eigenvalue weighted by Crippen LogP contribution is 2.23. The van der Waals surface area contributed by atoms with Gasteiger partial charge in [0.2, 0.25) is 5.91 Å². The van der Waals surface area contributed by atoms with Crippen LogP contribution in [0.15, 0.2) is 29.6 Å². The lowest BCUT2D eigenvalue weighted by molar-refractivity contribution is -0.121. The van der Waals surface area contributed by atoms with E-state index in [4.69, 9.17) is 0 Å². The van der Waals surface area contributed by atoms with Crippen molar-refractivity contribution in [2.24, 2.45) is 5.92 Å². The minimum atomic E-state index is -0.0719. The number of piperidine rings is 1. The van der Waals surface area contributed by atoms with Crippen molar-refractivity contribution in [1.82, 2.24) is 9.88 Å². The summed E-state index contributed by atoms with van der Waals surface area (Å²) in [5.41, 5.74) is 2.79. The highest BCUT2D eigenvalue weighted by molar-refractivity contribution is 7.13. The Balaban J connectivity index is 1.52. The molecule has 1 aromatic heterocycles. The van der Waals surface area contributed by atoms with Crippen LogP contribution in [0.3, 0.4) is 0 Å². The van der Waals surface area contributed by atoms with Crippen LogP contribution in [0, 0.1) is 12.8 Å². The van der Waals surface area contributed by atoms with Gasteiger partial charge in [-0.05, 0) is 57.4 Å². The lowest BCUT2D eigenvalue weighted by atomic mass is 9.95. The van der Waals surface area contributed by atoms with E-state index in [1.165, 1.54) is 24.2 Å². The smallest absolute Gasteiger partial charge is 0.253 e. The molecule has 162 valence electrons. The number of likely N-dealkylation sites (tertiary alicyclic amines) is 1.